The molecule has 0 fully saturated rings. The van der Waals surface area contributed by atoms with Crippen molar-refractivity contribution in [1.29, 1.82) is 0 Å². The van der Waals surface area contributed by atoms with E-state index in [0.29, 0.717) is 24.6 Å². The van der Waals surface area contributed by atoms with Crippen LogP contribution in [0.15, 0.2) is 18.2 Å². The second-order valence-corrected chi connectivity index (χ2v) is 4.52. The summed E-state index contributed by atoms with van der Waals surface area (Å²) in [6.07, 6.45) is 2.03. The first-order valence-corrected chi connectivity index (χ1v) is 6.96. The molecule has 2 N–H and O–H groups in total. The van der Waals surface area contributed by atoms with Gasteiger partial charge in [0.1, 0.15) is 11.6 Å². The lowest BCUT2D eigenvalue weighted by atomic mass is 10.1. The largest absolute Gasteiger partial charge is 0.491 e. The van der Waals surface area contributed by atoms with Crippen LogP contribution in [0.2, 0.25) is 0 Å². The van der Waals surface area contributed by atoms with Crippen LogP contribution in [0.1, 0.15) is 25.3 Å². The van der Waals surface area contributed by atoms with E-state index >= 15 is 0 Å². The summed E-state index contributed by atoms with van der Waals surface area (Å²) in [7, 11) is 1.69. The van der Waals surface area contributed by atoms with Crippen LogP contribution in [-0.4, -0.2) is 25.4 Å². The van der Waals surface area contributed by atoms with Crippen molar-refractivity contribution in [2.45, 2.75) is 26.3 Å². The summed E-state index contributed by atoms with van der Waals surface area (Å²) in [6, 6.07) is 5.62. The van der Waals surface area contributed by atoms with E-state index in [4.69, 9.17) is 22.1 Å². The topological polar surface area (TPSA) is 55.6 Å². The average molecular weight is 285 g/mol. The number of rotatable bonds is 7. The van der Waals surface area contributed by atoms with Crippen LogP contribution in [0.4, 0.5) is 5.69 Å². The Kier molecular flexibility index (Phi) is 6.67. The molecule has 0 aliphatic carbocycles. The number of nitrogens with zero attached hydrogens (tertiary/aromatic N) is 1. The van der Waals surface area contributed by atoms with Gasteiger partial charge in [0.15, 0.2) is 0 Å². The number of carbonyl (C=O) groups excluding carboxylic acids is 1. The first kappa shape index (κ1) is 15.8. The summed E-state index contributed by atoms with van der Waals surface area (Å²) < 4.78 is 5.74. The SMILES string of the molecule is CCCCOc1cccc(CN)c1N(C)C(=O)CCl. The summed E-state index contributed by atoms with van der Waals surface area (Å²) in [6.45, 7) is 3.07. The molecule has 0 radical (unpaired) electrons. The molecule has 1 rings (SSSR count). The number of unbranched alkanes of at least 4 members (excludes halogenated alkanes) is 1. The lowest BCUT2D eigenvalue weighted by molar-refractivity contribution is -0.116. The van der Waals surface area contributed by atoms with Crippen LogP contribution in [0.25, 0.3) is 0 Å². The molecule has 1 aromatic carbocycles. The molecule has 0 aliphatic rings. The van der Waals surface area contributed by atoms with Gasteiger partial charge in [0.05, 0.1) is 12.3 Å². The highest BCUT2D eigenvalue weighted by atomic mass is 35.5. The van der Waals surface area contributed by atoms with Crippen molar-refractivity contribution >= 4 is 23.2 Å². The van der Waals surface area contributed by atoms with Crippen LogP contribution < -0.4 is 15.4 Å². The van der Waals surface area contributed by atoms with Gasteiger partial charge in [-0.25, -0.2) is 0 Å². The third-order valence-corrected chi connectivity index (χ3v) is 3.11. The van der Waals surface area contributed by atoms with Crippen LogP contribution in [0.5, 0.6) is 5.75 Å². The molecule has 0 bridgehead atoms. The lowest BCUT2D eigenvalue weighted by Gasteiger charge is -2.23. The van der Waals surface area contributed by atoms with Gasteiger partial charge >= 0.3 is 0 Å². The van der Waals surface area contributed by atoms with Gasteiger partial charge in [0, 0.05) is 13.6 Å². The number of alkyl halides is 1. The van der Waals surface area contributed by atoms with Crippen LogP contribution >= 0.6 is 11.6 Å². The van der Waals surface area contributed by atoms with Crippen molar-refractivity contribution < 1.29 is 9.53 Å². The van der Waals surface area contributed by atoms with Crippen molar-refractivity contribution in [2.24, 2.45) is 5.73 Å². The normalized spacial score (nSPS) is 10.3. The van der Waals surface area contributed by atoms with E-state index in [-0.39, 0.29) is 11.8 Å². The minimum absolute atomic E-state index is 0.0657. The number of hydrogen-bond acceptors (Lipinski definition) is 3. The molecular formula is C14H21ClN2O2. The zero-order chi connectivity index (χ0) is 14.3. The Morgan fingerprint density at radius 3 is 2.79 bits per heavy atom. The zero-order valence-electron chi connectivity index (χ0n) is 11.5. The number of amides is 1. The van der Waals surface area contributed by atoms with Gasteiger partial charge in [-0.05, 0) is 18.1 Å². The molecule has 0 aromatic heterocycles. The molecule has 19 heavy (non-hydrogen) atoms. The van der Waals surface area contributed by atoms with Gasteiger partial charge in [-0.2, -0.15) is 0 Å². The monoisotopic (exact) mass is 284 g/mol. The second kappa shape index (κ2) is 8.02. The van der Waals surface area contributed by atoms with Gasteiger partial charge in [-0.15, -0.1) is 11.6 Å². The van der Waals surface area contributed by atoms with Gasteiger partial charge < -0.3 is 15.4 Å². The summed E-state index contributed by atoms with van der Waals surface area (Å²) in [5.74, 6) is 0.435. The smallest absolute Gasteiger partial charge is 0.241 e. The van der Waals surface area contributed by atoms with E-state index in [1.165, 1.54) is 4.90 Å². The Labute approximate surface area is 119 Å². The Morgan fingerprint density at radius 2 is 2.21 bits per heavy atom. The maximum Gasteiger partial charge on any atom is 0.241 e. The number of halogens is 1. The summed E-state index contributed by atoms with van der Waals surface area (Å²) in [5, 5.41) is 0. The molecule has 4 nitrogen and oxygen atoms in total. The Morgan fingerprint density at radius 1 is 1.47 bits per heavy atom. The highest BCUT2D eigenvalue weighted by molar-refractivity contribution is 6.29. The molecule has 0 unspecified atom stereocenters. The minimum Gasteiger partial charge on any atom is -0.491 e. The lowest BCUT2D eigenvalue weighted by Crippen LogP contribution is -2.29. The van der Waals surface area contributed by atoms with E-state index < -0.39 is 0 Å². The van der Waals surface area contributed by atoms with Crippen LogP contribution in [0.3, 0.4) is 0 Å². The van der Waals surface area contributed by atoms with E-state index in [1.54, 1.807) is 7.05 Å². The maximum atomic E-state index is 11.8. The van der Waals surface area contributed by atoms with Gasteiger partial charge in [0.25, 0.3) is 0 Å². The van der Waals surface area contributed by atoms with Crippen molar-refractivity contribution in [3.63, 3.8) is 0 Å². The molecule has 0 atom stereocenters. The fourth-order valence-electron chi connectivity index (χ4n) is 1.77. The number of anilines is 1. The van der Waals surface area contributed by atoms with Crippen LogP contribution in [-0.2, 0) is 11.3 Å². The highest BCUT2D eigenvalue weighted by Crippen LogP contribution is 2.32. The van der Waals surface area contributed by atoms with Gasteiger partial charge in [0.2, 0.25) is 5.91 Å². The summed E-state index contributed by atoms with van der Waals surface area (Å²) in [5.41, 5.74) is 7.31. The zero-order valence-corrected chi connectivity index (χ0v) is 12.2. The number of ether oxygens (including phenoxy) is 1. The minimum atomic E-state index is -0.178. The molecule has 0 saturated carbocycles. The van der Waals surface area contributed by atoms with Crippen molar-refractivity contribution in [3.8, 4) is 5.75 Å². The Hall–Kier alpha value is -1.26. The van der Waals surface area contributed by atoms with Crippen molar-refractivity contribution in [3.05, 3.63) is 23.8 Å². The molecule has 0 aliphatic heterocycles. The van der Waals surface area contributed by atoms with Crippen molar-refractivity contribution in [2.75, 3.05) is 24.4 Å². The second-order valence-electron chi connectivity index (χ2n) is 4.26. The quantitative estimate of drug-likeness (QED) is 0.618. The molecule has 5 heteroatoms. The Balaban J connectivity index is 3.05. The number of para-hydroxylation sites is 1. The number of hydrogen-bond donors (Lipinski definition) is 1. The summed E-state index contributed by atoms with van der Waals surface area (Å²) in [4.78, 5) is 13.3. The third-order valence-electron chi connectivity index (χ3n) is 2.88. The van der Waals surface area contributed by atoms with Gasteiger partial charge in [-0.3, -0.25) is 4.79 Å². The molecule has 0 saturated heterocycles. The maximum absolute atomic E-state index is 11.8. The van der Waals surface area contributed by atoms with E-state index in [1.807, 2.05) is 18.2 Å². The highest BCUT2D eigenvalue weighted by Gasteiger charge is 2.18. The molecule has 106 valence electrons. The van der Waals surface area contributed by atoms with E-state index in [0.717, 1.165) is 18.4 Å². The standard InChI is InChI=1S/C14H21ClN2O2/c1-3-4-8-19-12-7-5-6-11(10-16)14(12)17(2)13(18)9-15/h5-7H,3-4,8-10,16H2,1-2H3. The third kappa shape index (κ3) is 4.11. The first-order valence-electron chi connectivity index (χ1n) is 6.43. The average Bonchev–Trinajstić information content (AvgIpc) is 2.45. The number of nitrogens with two attached hydrogens (primary N) is 1. The molecular weight excluding hydrogens is 264 g/mol. The van der Waals surface area contributed by atoms with Crippen LogP contribution in [0, 0.1) is 0 Å². The van der Waals surface area contributed by atoms with E-state index in [2.05, 4.69) is 6.92 Å². The predicted octanol–water partition coefficient (Wildman–Crippen LogP) is 2.53. The van der Waals surface area contributed by atoms with Crippen molar-refractivity contribution in [1.82, 2.24) is 0 Å². The molecule has 0 heterocycles. The molecule has 0 spiro atoms. The van der Waals surface area contributed by atoms with Gasteiger partial charge in [-0.1, -0.05) is 25.5 Å². The molecule has 1 amide bonds. The fraction of sp³-hybridized carbons (Fsp3) is 0.500. The Bertz CT molecular complexity index is 424. The summed E-state index contributed by atoms with van der Waals surface area (Å²) >= 11 is 5.61. The predicted molar refractivity (Wildman–Crippen MR) is 78.9 cm³/mol. The number of carbonyl (C=O) groups is 1. The fourth-order valence-corrected chi connectivity index (χ4v) is 1.95. The first-order chi connectivity index (χ1) is 9.15. The molecule has 1 aromatic rings. The van der Waals surface area contributed by atoms with E-state index in [9.17, 15) is 4.79 Å². The number of benzene rings is 1.